The number of sulfonamides is 1. The van der Waals surface area contributed by atoms with Crippen molar-refractivity contribution in [3.05, 3.63) is 93.2 Å². The monoisotopic (exact) mass is 466 g/mol. The first-order valence-corrected chi connectivity index (χ1v) is 11.9. The van der Waals surface area contributed by atoms with Crippen molar-refractivity contribution >= 4 is 20.9 Å². The Morgan fingerprint density at radius 2 is 1.73 bits per heavy atom. The second-order valence-corrected chi connectivity index (χ2v) is 10.0. The minimum Gasteiger partial charge on any atom is -0.497 e. The van der Waals surface area contributed by atoms with E-state index in [0.29, 0.717) is 33.7 Å². The van der Waals surface area contributed by atoms with Gasteiger partial charge in [0.25, 0.3) is 5.56 Å². The molecule has 2 heterocycles. The van der Waals surface area contributed by atoms with E-state index in [-0.39, 0.29) is 23.5 Å². The quantitative estimate of drug-likeness (QED) is 0.435. The molecule has 4 rings (SSSR count). The smallest absolute Gasteiger partial charge is 0.252 e. The van der Waals surface area contributed by atoms with Gasteiger partial charge < -0.3 is 14.1 Å². The average molecular weight is 467 g/mol. The number of furan rings is 1. The summed E-state index contributed by atoms with van der Waals surface area (Å²) >= 11 is 0. The Morgan fingerprint density at radius 1 is 1.00 bits per heavy atom. The van der Waals surface area contributed by atoms with Gasteiger partial charge in [0.05, 0.1) is 30.3 Å². The Hall–Kier alpha value is -3.36. The molecule has 0 aliphatic heterocycles. The number of rotatable bonds is 7. The number of hydrogen-bond acceptors (Lipinski definition) is 5. The summed E-state index contributed by atoms with van der Waals surface area (Å²) in [4.78, 5) is 16.0. The molecule has 0 aliphatic carbocycles. The van der Waals surface area contributed by atoms with Crippen LogP contribution >= 0.6 is 0 Å². The zero-order valence-corrected chi connectivity index (χ0v) is 19.8. The van der Waals surface area contributed by atoms with Crippen molar-refractivity contribution in [2.45, 2.75) is 38.8 Å². The van der Waals surface area contributed by atoms with Gasteiger partial charge in [0, 0.05) is 18.2 Å². The van der Waals surface area contributed by atoms with E-state index in [9.17, 15) is 13.2 Å². The third kappa shape index (κ3) is 4.58. The van der Waals surface area contributed by atoms with Crippen LogP contribution < -0.4 is 10.3 Å². The average Bonchev–Trinajstić information content (AvgIpc) is 3.25. The summed E-state index contributed by atoms with van der Waals surface area (Å²) in [5, 5.41) is 0.781. The molecule has 0 fully saturated rings. The molecule has 0 amide bonds. The van der Waals surface area contributed by atoms with Gasteiger partial charge in [-0.25, -0.2) is 8.42 Å². The first-order chi connectivity index (χ1) is 15.7. The topological polar surface area (TPSA) is 92.6 Å². The Balaban J connectivity index is 1.80. The van der Waals surface area contributed by atoms with Crippen LogP contribution in [0.3, 0.4) is 0 Å². The van der Waals surface area contributed by atoms with E-state index in [2.05, 4.69) is 4.98 Å². The van der Waals surface area contributed by atoms with Gasteiger partial charge in [-0.05, 0) is 67.6 Å². The van der Waals surface area contributed by atoms with E-state index in [1.807, 2.05) is 25.1 Å². The van der Waals surface area contributed by atoms with Crippen molar-refractivity contribution in [1.82, 2.24) is 9.29 Å². The highest BCUT2D eigenvalue weighted by molar-refractivity contribution is 7.89. The van der Waals surface area contributed by atoms with Gasteiger partial charge >= 0.3 is 0 Å². The van der Waals surface area contributed by atoms with Crippen LogP contribution in [0.5, 0.6) is 5.75 Å². The van der Waals surface area contributed by atoms with Crippen molar-refractivity contribution < 1.29 is 17.6 Å². The Labute approximate surface area is 192 Å². The molecule has 8 heteroatoms. The normalized spacial score (nSPS) is 11.9. The summed E-state index contributed by atoms with van der Waals surface area (Å²) in [5.74, 6) is 1.11. The summed E-state index contributed by atoms with van der Waals surface area (Å²) in [7, 11) is -2.38. The molecular formula is C25H26N2O5S. The molecule has 33 heavy (non-hydrogen) atoms. The number of methoxy groups -OCH3 is 1. The third-order valence-corrected chi connectivity index (χ3v) is 7.69. The maximum Gasteiger partial charge on any atom is 0.252 e. The molecule has 0 radical (unpaired) electrons. The molecule has 0 saturated carbocycles. The molecule has 0 aliphatic rings. The largest absolute Gasteiger partial charge is 0.497 e. The fraction of sp³-hybridized carbons (Fsp3) is 0.240. The van der Waals surface area contributed by atoms with E-state index in [4.69, 9.17) is 9.15 Å². The molecule has 172 valence electrons. The van der Waals surface area contributed by atoms with Crippen LogP contribution in [0.4, 0.5) is 0 Å². The van der Waals surface area contributed by atoms with Crippen molar-refractivity contribution in [2.75, 3.05) is 7.11 Å². The van der Waals surface area contributed by atoms with Gasteiger partial charge in [-0.15, -0.1) is 0 Å². The minimum absolute atomic E-state index is 0.00216. The Bertz CT molecular complexity index is 1450. The van der Waals surface area contributed by atoms with Crippen molar-refractivity contribution in [3.8, 4) is 5.75 Å². The molecule has 0 unspecified atom stereocenters. The van der Waals surface area contributed by atoms with Gasteiger partial charge in [0.1, 0.15) is 11.5 Å². The van der Waals surface area contributed by atoms with Crippen LogP contribution in [-0.2, 0) is 23.1 Å². The lowest BCUT2D eigenvalue weighted by atomic mass is 10.1. The Morgan fingerprint density at radius 3 is 2.36 bits per heavy atom. The van der Waals surface area contributed by atoms with Crippen LogP contribution in [0.15, 0.2) is 68.9 Å². The molecule has 0 spiro atoms. The number of aryl methyl sites for hydroxylation is 3. The molecule has 0 bridgehead atoms. The molecular weight excluding hydrogens is 440 g/mol. The van der Waals surface area contributed by atoms with Gasteiger partial charge in [-0.2, -0.15) is 4.31 Å². The van der Waals surface area contributed by atoms with E-state index < -0.39 is 10.0 Å². The van der Waals surface area contributed by atoms with Crippen LogP contribution in [0.25, 0.3) is 10.9 Å². The maximum absolute atomic E-state index is 13.8. The molecule has 4 aromatic rings. The predicted molar refractivity (Wildman–Crippen MR) is 127 cm³/mol. The van der Waals surface area contributed by atoms with Crippen LogP contribution in [0.1, 0.15) is 28.0 Å². The summed E-state index contributed by atoms with van der Waals surface area (Å²) in [6, 6.07) is 14.2. The van der Waals surface area contributed by atoms with E-state index in [1.54, 1.807) is 51.3 Å². The maximum atomic E-state index is 13.8. The lowest BCUT2D eigenvalue weighted by Crippen LogP contribution is -2.33. The lowest BCUT2D eigenvalue weighted by Gasteiger charge is -2.24. The fourth-order valence-electron chi connectivity index (χ4n) is 4.16. The first-order valence-electron chi connectivity index (χ1n) is 10.5. The van der Waals surface area contributed by atoms with Gasteiger partial charge in [0.15, 0.2) is 0 Å². The number of fused-ring (bicyclic) bond motifs is 1. The zero-order chi connectivity index (χ0) is 23.8. The van der Waals surface area contributed by atoms with Crippen molar-refractivity contribution in [2.24, 2.45) is 0 Å². The van der Waals surface area contributed by atoms with Crippen LogP contribution in [-0.4, -0.2) is 24.8 Å². The van der Waals surface area contributed by atoms with E-state index >= 15 is 0 Å². The number of benzene rings is 2. The van der Waals surface area contributed by atoms with Gasteiger partial charge in [-0.3, -0.25) is 4.79 Å². The molecule has 7 nitrogen and oxygen atoms in total. The number of nitrogens with zero attached hydrogens (tertiary/aromatic N) is 1. The van der Waals surface area contributed by atoms with Crippen molar-refractivity contribution in [3.63, 3.8) is 0 Å². The minimum atomic E-state index is -3.93. The first kappa shape index (κ1) is 22.8. The van der Waals surface area contributed by atoms with E-state index in [0.717, 1.165) is 10.9 Å². The highest BCUT2D eigenvalue weighted by atomic mass is 32.2. The summed E-state index contributed by atoms with van der Waals surface area (Å²) < 4.78 is 39.6. The standard InChI is InChI=1S/C25H26N2O5S/c1-16-10-17(2)24(18(3)11-16)33(29,30)27(15-22-6-5-9-32-22)14-20-12-19-7-8-21(31-4)13-23(19)26-25(20)28/h5-13H,14-15H2,1-4H3,(H,26,28). The molecule has 1 N–H and O–H groups in total. The highest BCUT2D eigenvalue weighted by Gasteiger charge is 2.29. The zero-order valence-electron chi connectivity index (χ0n) is 19.0. The fourth-order valence-corrected chi connectivity index (χ4v) is 5.96. The second-order valence-electron chi connectivity index (χ2n) is 8.16. The van der Waals surface area contributed by atoms with E-state index in [1.165, 1.54) is 10.6 Å². The molecule has 0 saturated heterocycles. The SMILES string of the molecule is COc1ccc2cc(CN(Cc3ccco3)S(=O)(=O)c3c(C)cc(C)cc3C)c(=O)[nH]c2c1. The van der Waals surface area contributed by atoms with Gasteiger partial charge in [0.2, 0.25) is 10.0 Å². The highest BCUT2D eigenvalue weighted by Crippen LogP contribution is 2.28. The summed E-state index contributed by atoms with van der Waals surface area (Å²) in [6.45, 7) is 5.40. The number of aromatic nitrogens is 1. The Kier molecular flexibility index (Phi) is 6.14. The van der Waals surface area contributed by atoms with Crippen molar-refractivity contribution in [1.29, 1.82) is 0 Å². The molecule has 0 atom stereocenters. The number of aromatic amines is 1. The lowest BCUT2D eigenvalue weighted by molar-refractivity contribution is 0.357. The van der Waals surface area contributed by atoms with Crippen LogP contribution in [0, 0.1) is 20.8 Å². The van der Waals surface area contributed by atoms with Crippen LogP contribution in [0.2, 0.25) is 0 Å². The number of nitrogens with one attached hydrogen (secondary N) is 1. The third-order valence-electron chi connectivity index (χ3n) is 5.59. The number of hydrogen-bond donors (Lipinski definition) is 1. The molecule has 2 aromatic heterocycles. The number of H-pyrrole nitrogens is 1. The summed E-state index contributed by atoms with van der Waals surface area (Å²) in [6.07, 6.45) is 1.50. The number of pyridine rings is 1. The summed E-state index contributed by atoms with van der Waals surface area (Å²) in [5.41, 5.74) is 2.92. The molecule has 2 aromatic carbocycles. The number of ether oxygens (including phenoxy) is 1. The van der Waals surface area contributed by atoms with Gasteiger partial charge in [-0.1, -0.05) is 17.7 Å². The predicted octanol–water partition coefficient (Wildman–Crippen LogP) is 4.45. The second kappa shape index (κ2) is 8.88.